The summed E-state index contributed by atoms with van der Waals surface area (Å²) in [7, 11) is 0. The molecule has 0 heterocycles. The van der Waals surface area contributed by atoms with Crippen molar-refractivity contribution in [3.63, 3.8) is 0 Å². The number of carbonyl (C=O) groups excluding carboxylic acids is 2. The molecule has 4 N–H and O–H groups in total. The summed E-state index contributed by atoms with van der Waals surface area (Å²) in [6.07, 6.45) is 3.80. The molecule has 0 aliphatic carbocycles. The van der Waals surface area contributed by atoms with Gasteiger partial charge < -0.3 is 25.8 Å². The fourth-order valence-corrected chi connectivity index (χ4v) is 2.98. The lowest BCUT2D eigenvalue weighted by Gasteiger charge is -2.25. The highest BCUT2D eigenvalue weighted by molar-refractivity contribution is 5.85. The van der Waals surface area contributed by atoms with E-state index in [9.17, 15) is 9.59 Å². The van der Waals surface area contributed by atoms with Crippen LogP contribution in [0.5, 0.6) is 0 Å². The number of ether oxygens (including phenoxy) is 2. The van der Waals surface area contributed by atoms with E-state index in [4.69, 9.17) is 15.2 Å². The molecule has 1 rings (SSSR count). The molecule has 0 aliphatic heterocycles. The van der Waals surface area contributed by atoms with Gasteiger partial charge in [0.2, 0.25) is 0 Å². The Morgan fingerprint density at radius 1 is 0.909 bits per heavy atom. The van der Waals surface area contributed by atoms with Crippen molar-refractivity contribution in [2.75, 3.05) is 45.9 Å². The minimum Gasteiger partial charge on any atom is -0.448 e. The van der Waals surface area contributed by atoms with Crippen LogP contribution >= 0.6 is 24.8 Å². The third kappa shape index (κ3) is 18.4. The minimum atomic E-state index is -0.409. The molecule has 1 atom stereocenters. The van der Waals surface area contributed by atoms with Gasteiger partial charge >= 0.3 is 12.2 Å². The molecule has 0 saturated carbocycles. The molecule has 1 unspecified atom stereocenters. The number of hydrogen-bond acceptors (Lipinski definition) is 6. The summed E-state index contributed by atoms with van der Waals surface area (Å²) in [5.41, 5.74) is 7.52. The molecule has 8 nitrogen and oxygen atoms in total. The van der Waals surface area contributed by atoms with Crippen LogP contribution in [-0.2, 0) is 15.9 Å². The van der Waals surface area contributed by atoms with Crippen molar-refractivity contribution in [1.82, 2.24) is 15.5 Å². The first kappa shape index (κ1) is 33.4. The molecule has 33 heavy (non-hydrogen) atoms. The summed E-state index contributed by atoms with van der Waals surface area (Å²) < 4.78 is 10.5. The van der Waals surface area contributed by atoms with Gasteiger partial charge in [0, 0.05) is 38.8 Å². The average Bonchev–Trinajstić information content (AvgIpc) is 2.74. The summed E-state index contributed by atoms with van der Waals surface area (Å²) in [6, 6.07) is 9.99. The first-order chi connectivity index (χ1) is 15.0. The highest BCUT2D eigenvalue weighted by Gasteiger charge is 2.13. The van der Waals surface area contributed by atoms with E-state index in [0.29, 0.717) is 32.7 Å². The molecule has 0 saturated heterocycles. The monoisotopic (exact) mass is 508 g/mol. The summed E-state index contributed by atoms with van der Waals surface area (Å²) in [5.74, 6) is 0. The van der Waals surface area contributed by atoms with Crippen molar-refractivity contribution in [2.45, 2.75) is 52.0 Å². The number of halogens is 2. The van der Waals surface area contributed by atoms with E-state index in [0.717, 1.165) is 32.1 Å². The fraction of sp³-hybridized carbons (Fsp3) is 0.652. The summed E-state index contributed by atoms with van der Waals surface area (Å²) in [5, 5.41) is 5.46. The second-order valence-corrected chi connectivity index (χ2v) is 7.58. The van der Waals surface area contributed by atoms with Crippen LogP contribution in [0, 0.1) is 0 Å². The highest BCUT2D eigenvalue weighted by atomic mass is 35.5. The van der Waals surface area contributed by atoms with Crippen LogP contribution in [0.1, 0.15) is 45.1 Å². The predicted molar refractivity (Wildman–Crippen MR) is 138 cm³/mol. The van der Waals surface area contributed by atoms with Crippen LogP contribution in [0.3, 0.4) is 0 Å². The Hall–Kier alpha value is -1.74. The second-order valence-electron chi connectivity index (χ2n) is 7.58. The first-order valence-electron chi connectivity index (χ1n) is 11.4. The van der Waals surface area contributed by atoms with E-state index in [1.807, 2.05) is 18.2 Å². The Morgan fingerprint density at radius 3 is 1.85 bits per heavy atom. The van der Waals surface area contributed by atoms with Gasteiger partial charge in [0.25, 0.3) is 0 Å². The lowest BCUT2D eigenvalue weighted by molar-refractivity contribution is 0.104. The lowest BCUT2D eigenvalue weighted by Crippen LogP contribution is -2.43. The molecule has 0 bridgehead atoms. The number of alkyl carbamates (subject to hydrolysis) is 2. The molecule has 1 aromatic rings. The van der Waals surface area contributed by atoms with Gasteiger partial charge in [0.1, 0.15) is 13.2 Å². The number of amides is 2. The van der Waals surface area contributed by atoms with E-state index >= 15 is 0 Å². The lowest BCUT2D eigenvalue weighted by atomic mass is 10.1. The van der Waals surface area contributed by atoms with Crippen molar-refractivity contribution in [2.24, 2.45) is 5.73 Å². The molecule has 0 fully saturated rings. The maximum atomic E-state index is 11.7. The van der Waals surface area contributed by atoms with Crippen molar-refractivity contribution in [1.29, 1.82) is 0 Å². The number of hydrogen-bond donors (Lipinski definition) is 3. The predicted octanol–water partition coefficient (Wildman–Crippen LogP) is 3.75. The maximum Gasteiger partial charge on any atom is 0.407 e. The molecular formula is C23H42Cl2N4O4. The minimum absolute atomic E-state index is 0. The van der Waals surface area contributed by atoms with Gasteiger partial charge in [-0.25, -0.2) is 9.59 Å². The molecule has 0 aromatic heterocycles. The van der Waals surface area contributed by atoms with Crippen LogP contribution in [0.4, 0.5) is 9.59 Å². The third-order valence-electron chi connectivity index (χ3n) is 4.71. The number of benzene rings is 1. The molecule has 0 spiro atoms. The Morgan fingerprint density at radius 2 is 1.39 bits per heavy atom. The quantitative estimate of drug-likeness (QED) is 0.293. The third-order valence-corrected chi connectivity index (χ3v) is 4.71. The Bertz CT molecular complexity index is 583. The average molecular weight is 510 g/mol. The maximum absolute atomic E-state index is 11.7. The van der Waals surface area contributed by atoms with Gasteiger partial charge in [-0.1, -0.05) is 57.0 Å². The largest absolute Gasteiger partial charge is 0.448 e. The Balaban J connectivity index is 0. The van der Waals surface area contributed by atoms with E-state index in [1.54, 1.807) is 0 Å². The Kier molecular flexibility index (Phi) is 22.4. The molecule has 2 amide bonds. The molecule has 0 radical (unpaired) electrons. The van der Waals surface area contributed by atoms with Gasteiger partial charge in [-0.3, -0.25) is 4.90 Å². The molecule has 192 valence electrons. The highest BCUT2D eigenvalue weighted by Crippen LogP contribution is 2.04. The van der Waals surface area contributed by atoms with Crippen LogP contribution in [-0.4, -0.2) is 69.1 Å². The second kappa shape index (κ2) is 22.1. The summed E-state index contributed by atoms with van der Waals surface area (Å²) in [4.78, 5) is 25.5. The molecule has 10 heteroatoms. The summed E-state index contributed by atoms with van der Waals surface area (Å²) in [6.45, 7) is 7.50. The number of nitrogens with one attached hydrogen (secondary N) is 2. The SMILES string of the molecule is CCCCNC(=O)OCCN(CCOC(=O)NCCCC)CC(N)Cc1ccccc1.Cl.Cl. The first-order valence-corrected chi connectivity index (χ1v) is 11.4. The number of nitrogens with two attached hydrogens (primary N) is 1. The van der Waals surface area contributed by atoms with Crippen LogP contribution in [0.2, 0.25) is 0 Å². The smallest absolute Gasteiger partial charge is 0.407 e. The van der Waals surface area contributed by atoms with Gasteiger partial charge in [0.05, 0.1) is 0 Å². The number of rotatable bonds is 16. The van der Waals surface area contributed by atoms with Gasteiger partial charge in [-0.2, -0.15) is 0 Å². The van der Waals surface area contributed by atoms with Crippen molar-refractivity contribution in [3.05, 3.63) is 35.9 Å². The zero-order valence-electron chi connectivity index (χ0n) is 19.9. The van der Waals surface area contributed by atoms with Crippen molar-refractivity contribution >= 4 is 37.0 Å². The summed E-state index contributed by atoms with van der Waals surface area (Å²) >= 11 is 0. The Labute approximate surface area is 211 Å². The van der Waals surface area contributed by atoms with Crippen molar-refractivity contribution < 1.29 is 19.1 Å². The van der Waals surface area contributed by atoms with Crippen LogP contribution < -0.4 is 16.4 Å². The zero-order valence-corrected chi connectivity index (χ0v) is 21.6. The van der Waals surface area contributed by atoms with E-state index in [1.165, 1.54) is 5.56 Å². The molecule has 1 aromatic carbocycles. The van der Waals surface area contributed by atoms with E-state index < -0.39 is 12.2 Å². The number of unbranched alkanes of at least 4 members (excludes halogenated alkanes) is 2. The fourth-order valence-electron chi connectivity index (χ4n) is 2.98. The van der Waals surface area contributed by atoms with Gasteiger partial charge in [-0.05, 0) is 24.8 Å². The standard InChI is InChI=1S/C23H40N4O4.2ClH/c1-3-5-12-25-22(28)30-16-14-27(15-17-31-23(29)26-13-6-4-2)19-21(24)18-20-10-8-7-9-11-20;;/h7-11,21H,3-6,12-19,24H2,1-2H3,(H,25,28)(H,26,29);2*1H. The van der Waals surface area contributed by atoms with Gasteiger partial charge in [-0.15, -0.1) is 24.8 Å². The van der Waals surface area contributed by atoms with E-state index in [-0.39, 0.29) is 44.1 Å². The number of carbonyl (C=O) groups is 2. The van der Waals surface area contributed by atoms with Crippen LogP contribution in [0.15, 0.2) is 30.3 Å². The molecule has 0 aliphatic rings. The molecular weight excluding hydrogens is 467 g/mol. The normalized spacial score (nSPS) is 11.0. The van der Waals surface area contributed by atoms with E-state index in [2.05, 4.69) is 41.5 Å². The topological polar surface area (TPSA) is 106 Å². The zero-order chi connectivity index (χ0) is 22.7. The van der Waals surface area contributed by atoms with Crippen LogP contribution in [0.25, 0.3) is 0 Å². The van der Waals surface area contributed by atoms with Crippen molar-refractivity contribution in [3.8, 4) is 0 Å². The number of nitrogens with zero attached hydrogens (tertiary/aromatic N) is 1. The van der Waals surface area contributed by atoms with Gasteiger partial charge in [0.15, 0.2) is 0 Å².